The number of carbonyl (C=O) groups is 1. The summed E-state index contributed by atoms with van der Waals surface area (Å²) in [6, 6.07) is 0. The number of ether oxygens (including phenoxy) is 2. The van der Waals surface area contributed by atoms with Crippen LogP contribution in [0.3, 0.4) is 0 Å². The molecule has 0 aromatic carbocycles. The van der Waals surface area contributed by atoms with E-state index in [-0.39, 0.29) is 11.2 Å². The van der Waals surface area contributed by atoms with Gasteiger partial charge < -0.3 is 9.47 Å². The van der Waals surface area contributed by atoms with E-state index in [2.05, 4.69) is 0 Å². The molecule has 4 heteroatoms. The Morgan fingerprint density at radius 2 is 2.27 bits per heavy atom. The van der Waals surface area contributed by atoms with E-state index in [0.717, 1.165) is 36.1 Å². The fourth-order valence-electron chi connectivity index (χ4n) is 2.01. The second-order valence-corrected chi connectivity index (χ2v) is 6.38. The van der Waals surface area contributed by atoms with E-state index >= 15 is 0 Å². The zero-order valence-electron chi connectivity index (χ0n) is 9.88. The average molecular weight is 230 g/mol. The van der Waals surface area contributed by atoms with Crippen molar-refractivity contribution in [2.75, 3.05) is 13.2 Å². The predicted octanol–water partition coefficient (Wildman–Crippen LogP) is 0.982. The van der Waals surface area contributed by atoms with Gasteiger partial charge in [-0.25, -0.2) is 0 Å². The second kappa shape index (κ2) is 6.28. The van der Waals surface area contributed by atoms with Crippen molar-refractivity contribution in [3.63, 3.8) is 0 Å². The summed E-state index contributed by atoms with van der Waals surface area (Å²) in [6.07, 6.45) is 6.97. The molecule has 1 rings (SSSR count). The molecule has 1 fully saturated rings. The minimum absolute atomic E-state index is 0.176. The van der Waals surface area contributed by atoms with Gasteiger partial charge in [-0.3, -0.25) is 4.79 Å². The van der Waals surface area contributed by atoms with Gasteiger partial charge in [0, 0.05) is 29.0 Å². The van der Waals surface area contributed by atoms with Crippen molar-refractivity contribution in [2.45, 2.75) is 50.7 Å². The van der Waals surface area contributed by atoms with Crippen LogP contribution in [0.4, 0.5) is 0 Å². The molecule has 0 aromatic rings. The minimum Gasteiger partial charge on any atom is -0.466 e. The third-order valence-electron chi connectivity index (χ3n) is 2.96. The lowest BCUT2D eigenvalue weighted by Crippen LogP contribution is -2.36. The molecular weight excluding hydrogens is 208 g/mol. The molecule has 1 saturated heterocycles. The number of rotatable bonds is 5. The topological polar surface area (TPSA) is 35.5 Å². The minimum atomic E-state index is -0.176. The van der Waals surface area contributed by atoms with E-state index in [4.69, 9.17) is 9.47 Å². The highest BCUT2D eigenvalue weighted by atomic mass is 28.1. The van der Waals surface area contributed by atoms with Crippen molar-refractivity contribution in [3.05, 3.63) is 0 Å². The van der Waals surface area contributed by atoms with Gasteiger partial charge in [-0.2, -0.15) is 0 Å². The van der Waals surface area contributed by atoms with E-state index in [1.807, 2.05) is 0 Å². The first kappa shape index (κ1) is 12.7. The largest absolute Gasteiger partial charge is 0.466 e. The van der Waals surface area contributed by atoms with Crippen LogP contribution in [-0.2, 0) is 14.3 Å². The van der Waals surface area contributed by atoms with Crippen molar-refractivity contribution in [3.8, 4) is 0 Å². The van der Waals surface area contributed by atoms with Crippen molar-refractivity contribution in [1.82, 2.24) is 0 Å². The van der Waals surface area contributed by atoms with Gasteiger partial charge in [-0.15, -0.1) is 0 Å². The van der Waals surface area contributed by atoms with Gasteiger partial charge in [0.15, 0.2) is 0 Å². The van der Waals surface area contributed by atoms with Crippen LogP contribution in [0.5, 0.6) is 0 Å². The van der Waals surface area contributed by atoms with Gasteiger partial charge >= 0.3 is 5.97 Å². The lowest BCUT2D eigenvalue weighted by atomic mass is 10.0. The lowest BCUT2D eigenvalue weighted by molar-refractivity contribution is -0.141. The van der Waals surface area contributed by atoms with Crippen LogP contribution in [0.15, 0.2) is 0 Å². The van der Waals surface area contributed by atoms with Gasteiger partial charge in [0.25, 0.3) is 0 Å². The summed E-state index contributed by atoms with van der Waals surface area (Å²) >= 11 is 0. The van der Waals surface area contributed by atoms with Crippen LogP contribution >= 0.6 is 0 Å². The Bertz CT molecular complexity index is 200. The number of unbranched alkanes of at least 4 members (excludes halogenated alkanes) is 1. The molecule has 0 radical (unpaired) electrons. The molecule has 3 nitrogen and oxygen atoms in total. The Kier molecular flexibility index (Phi) is 5.32. The van der Waals surface area contributed by atoms with E-state index in [1.165, 1.54) is 26.2 Å². The van der Waals surface area contributed by atoms with Crippen LogP contribution in [0.25, 0.3) is 0 Å². The van der Waals surface area contributed by atoms with E-state index in [0.29, 0.717) is 6.61 Å². The molecule has 0 amide bonds. The monoisotopic (exact) mass is 230 g/mol. The Balaban J connectivity index is 2.05. The summed E-state index contributed by atoms with van der Waals surface area (Å²) in [4.78, 5) is 10.5. The molecule has 1 unspecified atom stereocenters. The Morgan fingerprint density at radius 1 is 1.47 bits per heavy atom. The first-order chi connectivity index (χ1) is 7.12. The molecule has 88 valence electrons. The van der Waals surface area contributed by atoms with Crippen LogP contribution < -0.4 is 0 Å². The van der Waals surface area contributed by atoms with Crippen molar-refractivity contribution in [2.24, 2.45) is 0 Å². The zero-order chi connectivity index (χ0) is 11.1. The highest BCUT2D eigenvalue weighted by molar-refractivity contribution is 6.14. The van der Waals surface area contributed by atoms with E-state index in [9.17, 15) is 4.79 Å². The lowest BCUT2D eigenvalue weighted by Gasteiger charge is -2.34. The Hall–Kier alpha value is -0.353. The van der Waals surface area contributed by atoms with E-state index in [1.54, 1.807) is 0 Å². The quantitative estimate of drug-likeness (QED) is 0.401. The fraction of sp³-hybridized carbons (Fsp3) is 0.909. The average Bonchev–Trinajstić information content (AvgIpc) is 2.17. The smallest absolute Gasteiger partial charge is 0.302 e. The predicted molar refractivity (Wildman–Crippen MR) is 63.0 cm³/mol. The SMILES string of the molecule is CC(=O)OCCCCC1([SiH3])CCCCO1. The van der Waals surface area contributed by atoms with Crippen LogP contribution in [0.2, 0.25) is 0 Å². The summed E-state index contributed by atoms with van der Waals surface area (Å²) in [5.74, 6) is -0.176. The Labute approximate surface area is 94.9 Å². The Morgan fingerprint density at radius 3 is 2.87 bits per heavy atom. The fourth-order valence-corrected chi connectivity index (χ4v) is 2.92. The summed E-state index contributed by atoms with van der Waals surface area (Å²) in [7, 11) is 1.12. The third-order valence-corrected chi connectivity index (χ3v) is 4.24. The summed E-state index contributed by atoms with van der Waals surface area (Å²) < 4.78 is 10.7. The van der Waals surface area contributed by atoms with Crippen LogP contribution in [-0.4, -0.2) is 34.6 Å². The molecular formula is C11H22O3Si. The molecule has 1 heterocycles. The van der Waals surface area contributed by atoms with E-state index < -0.39 is 0 Å². The maximum absolute atomic E-state index is 10.5. The van der Waals surface area contributed by atoms with Crippen LogP contribution in [0.1, 0.15) is 45.4 Å². The maximum atomic E-state index is 10.5. The molecule has 0 saturated carbocycles. The highest BCUT2D eigenvalue weighted by Crippen LogP contribution is 2.26. The summed E-state index contributed by atoms with van der Waals surface area (Å²) in [5.41, 5.74) is 0. The normalized spacial score (nSPS) is 26.5. The molecule has 0 N–H and O–H groups in total. The van der Waals surface area contributed by atoms with Crippen molar-refractivity contribution < 1.29 is 14.3 Å². The summed E-state index contributed by atoms with van der Waals surface area (Å²) in [6.45, 7) is 2.96. The van der Waals surface area contributed by atoms with Gasteiger partial charge in [-0.1, -0.05) is 0 Å². The first-order valence-corrected chi connectivity index (χ1v) is 6.90. The first-order valence-electron chi connectivity index (χ1n) is 5.90. The molecule has 0 bridgehead atoms. The van der Waals surface area contributed by atoms with Gasteiger partial charge in [-0.05, 0) is 38.5 Å². The van der Waals surface area contributed by atoms with Gasteiger partial charge in [0.2, 0.25) is 0 Å². The number of hydrogen-bond donors (Lipinski definition) is 0. The van der Waals surface area contributed by atoms with Gasteiger partial charge in [0.1, 0.15) is 0 Å². The number of esters is 1. The third kappa shape index (κ3) is 5.32. The molecule has 1 aliphatic heterocycles. The molecule has 0 aliphatic carbocycles. The standard InChI is InChI=1S/C11H22O3Si/c1-10(12)13-8-4-2-6-11(15)7-3-5-9-14-11/h2-9H2,1,15H3. The molecule has 1 atom stereocenters. The van der Waals surface area contributed by atoms with Crippen molar-refractivity contribution >= 4 is 16.2 Å². The van der Waals surface area contributed by atoms with Crippen molar-refractivity contribution in [1.29, 1.82) is 0 Å². The molecule has 0 aromatic heterocycles. The second-order valence-electron chi connectivity index (χ2n) is 4.55. The highest BCUT2D eigenvalue weighted by Gasteiger charge is 2.26. The number of carbonyl (C=O) groups excluding carboxylic acids is 1. The maximum Gasteiger partial charge on any atom is 0.302 e. The van der Waals surface area contributed by atoms with Gasteiger partial charge in [0.05, 0.1) is 6.61 Å². The number of hydrogen-bond acceptors (Lipinski definition) is 3. The molecule has 0 spiro atoms. The zero-order valence-corrected chi connectivity index (χ0v) is 11.9. The molecule has 1 aliphatic rings. The summed E-state index contributed by atoms with van der Waals surface area (Å²) in [5, 5.41) is 0.217. The van der Waals surface area contributed by atoms with Crippen LogP contribution in [0, 0.1) is 0 Å². The molecule has 15 heavy (non-hydrogen) atoms.